The zero-order valence-electron chi connectivity index (χ0n) is 41.4. The van der Waals surface area contributed by atoms with Crippen molar-refractivity contribution in [3.63, 3.8) is 0 Å². The lowest BCUT2D eigenvalue weighted by Gasteiger charge is -2.29. The lowest BCUT2D eigenvalue weighted by Crippen LogP contribution is -2.16. The lowest BCUT2D eigenvalue weighted by molar-refractivity contribution is -0.133. The van der Waals surface area contributed by atoms with Crippen LogP contribution >= 0.6 is 16.8 Å². The maximum Gasteiger partial charge on any atom is 0.532 e. The summed E-state index contributed by atoms with van der Waals surface area (Å²) in [6.45, 7) is 27.4. The summed E-state index contributed by atoms with van der Waals surface area (Å²) in [6.07, 6.45) is 0.0471. The molecule has 0 fully saturated rings. The molecule has 6 aromatic rings. The van der Waals surface area contributed by atoms with Gasteiger partial charge in [0.15, 0.2) is 0 Å². The molecular formula is C53H64O11P2. The molecule has 0 amide bonds. The third kappa shape index (κ3) is 9.94. The predicted molar refractivity (Wildman–Crippen MR) is 264 cm³/mol. The van der Waals surface area contributed by atoms with Crippen molar-refractivity contribution in [2.75, 3.05) is 28.4 Å². The Bertz CT molecular complexity index is 2780. The van der Waals surface area contributed by atoms with Gasteiger partial charge in [-0.1, -0.05) is 95.2 Å². The Labute approximate surface area is 391 Å². The summed E-state index contributed by atoms with van der Waals surface area (Å²) in [5, 5.41) is 1.57. The molecular weight excluding hydrogens is 875 g/mol. The second-order valence-electron chi connectivity index (χ2n) is 20.9. The Kier molecular flexibility index (Phi) is 13.2. The Morgan fingerprint density at radius 1 is 0.500 bits per heavy atom. The molecule has 1 aliphatic heterocycles. The highest BCUT2D eigenvalue weighted by molar-refractivity contribution is 7.43. The lowest BCUT2D eigenvalue weighted by atomic mass is 9.81. The van der Waals surface area contributed by atoms with E-state index < -0.39 is 44.5 Å². The predicted octanol–water partition coefficient (Wildman–Crippen LogP) is 15.1. The number of rotatable bonds is 9. The first-order valence-electron chi connectivity index (χ1n) is 22.0. The molecule has 352 valence electrons. The van der Waals surface area contributed by atoms with E-state index in [0.717, 1.165) is 44.2 Å². The van der Waals surface area contributed by atoms with Crippen LogP contribution in [-0.2, 0) is 37.4 Å². The van der Waals surface area contributed by atoms with E-state index in [0.29, 0.717) is 62.5 Å². The van der Waals surface area contributed by atoms with Gasteiger partial charge in [-0.15, -0.1) is 0 Å². The van der Waals surface area contributed by atoms with Gasteiger partial charge in [-0.05, 0) is 88.7 Å². The van der Waals surface area contributed by atoms with Crippen molar-refractivity contribution in [3.8, 4) is 51.4 Å². The third-order valence-corrected chi connectivity index (χ3v) is 13.6. The topological polar surface area (TPSA) is 117 Å². The minimum absolute atomic E-state index is 0.0471. The van der Waals surface area contributed by atoms with E-state index in [1.807, 2.05) is 73.7 Å². The van der Waals surface area contributed by atoms with Crippen molar-refractivity contribution in [1.29, 1.82) is 0 Å². The van der Waals surface area contributed by atoms with Gasteiger partial charge >= 0.3 is 22.8 Å². The summed E-state index contributed by atoms with van der Waals surface area (Å²) in [6, 6.07) is 21.4. The summed E-state index contributed by atoms with van der Waals surface area (Å²) in [5.74, 6) is 3.48. The fraction of sp³-hybridized carbons (Fsp3) is 0.415. The van der Waals surface area contributed by atoms with E-state index in [-0.39, 0.29) is 6.42 Å². The van der Waals surface area contributed by atoms with Gasteiger partial charge in [0.1, 0.15) is 51.4 Å². The van der Waals surface area contributed by atoms with Crippen LogP contribution in [0.2, 0.25) is 0 Å². The van der Waals surface area contributed by atoms with Crippen molar-refractivity contribution in [1.82, 2.24) is 0 Å². The van der Waals surface area contributed by atoms with E-state index in [4.69, 9.17) is 45.4 Å². The van der Waals surface area contributed by atoms with Crippen LogP contribution in [0, 0.1) is 6.92 Å². The van der Waals surface area contributed by atoms with E-state index in [9.17, 15) is 4.79 Å². The number of hydrogen-bond acceptors (Lipinski definition) is 11. The molecule has 0 radical (unpaired) electrons. The standard InChI is InChI=1S/C53H64O11P2/c1-30-18-19-31-21-45(54)60-65(59-44(31)20-30)61-46-36(22-32(55-14)26-40(46)50(2,3)4)37-23-33(56-15)27-41(51(5,6)7)47(37)62-66-63-48-38(24-34(57-16)28-42(48)52(8,9)10)39-25-35(58-17)29-43(49(39)64-66)53(11,12)13/h18-20,22-29H,21H2,1-17H3. The van der Waals surface area contributed by atoms with Crippen molar-refractivity contribution in [2.45, 2.75) is 118 Å². The zero-order chi connectivity index (χ0) is 48.3. The van der Waals surface area contributed by atoms with Crippen molar-refractivity contribution < 1.29 is 50.2 Å². The molecule has 0 N–H and O–H groups in total. The number of methoxy groups -OCH3 is 4. The van der Waals surface area contributed by atoms with E-state index >= 15 is 0 Å². The van der Waals surface area contributed by atoms with Crippen LogP contribution in [0.4, 0.5) is 0 Å². The van der Waals surface area contributed by atoms with Gasteiger partial charge in [0.05, 0.1) is 34.9 Å². The first-order chi connectivity index (χ1) is 30.8. The smallest absolute Gasteiger partial charge is 0.497 e. The molecule has 0 saturated carbocycles. The molecule has 0 bridgehead atoms. The van der Waals surface area contributed by atoms with E-state index in [2.05, 4.69) is 83.1 Å². The SMILES string of the molecule is COc1cc(-c2cc(OC)cc(C(C)(C)C)c2Op2oc3c(C(C)(C)C)cc(OC)cc3c3cc(OC)cc(C(C)(C)C)c3o2)c(OP2OC(=O)Cc3ccc(C)cc3O2)c(C(C)(C)C)c1. The molecule has 7 rings (SSSR count). The average molecular weight is 939 g/mol. The maximum atomic E-state index is 13.4. The summed E-state index contributed by atoms with van der Waals surface area (Å²) >= 11 is 0. The second-order valence-corrected chi connectivity index (χ2v) is 22.9. The summed E-state index contributed by atoms with van der Waals surface area (Å²) in [5.41, 5.74) is 5.71. The summed E-state index contributed by atoms with van der Waals surface area (Å²) < 4.78 is 64.9. The second kappa shape index (κ2) is 18.0. The molecule has 5 aromatic carbocycles. The van der Waals surface area contributed by atoms with Crippen LogP contribution < -0.4 is 32.5 Å². The molecule has 0 spiro atoms. The summed E-state index contributed by atoms with van der Waals surface area (Å²) in [4.78, 5) is 13.4. The molecule has 2 heterocycles. The fourth-order valence-electron chi connectivity index (χ4n) is 7.96. The normalized spacial score (nSPS) is 14.5. The van der Waals surface area contributed by atoms with Gasteiger partial charge in [-0.25, -0.2) is 0 Å². The van der Waals surface area contributed by atoms with Crippen LogP contribution in [0.3, 0.4) is 0 Å². The molecule has 1 aliphatic rings. The monoisotopic (exact) mass is 938 g/mol. The van der Waals surface area contributed by atoms with Crippen LogP contribution in [0.5, 0.6) is 40.2 Å². The quantitative estimate of drug-likeness (QED) is 0.129. The Hall–Kier alpha value is -5.50. The van der Waals surface area contributed by atoms with Crippen LogP contribution in [0.25, 0.3) is 33.1 Å². The Morgan fingerprint density at radius 2 is 0.909 bits per heavy atom. The van der Waals surface area contributed by atoms with Gasteiger partial charge in [-0.2, -0.15) is 0 Å². The van der Waals surface area contributed by atoms with Gasteiger partial charge in [0, 0.05) is 49.7 Å². The molecule has 0 aliphatic carbocycles. The molecule has 66 heavy (non-hydrogen) atoms. The van der Waals surface area contributed by atoms with Crippen LogP contribution in [0.15, 0.2) is 75.1 Å². The molecule has 1 unspecified atom stereocenters. The molecule has 11 nitrogen and oxygen atoms in total. The average Bonchev–Trinajstić information content (AvgIpc) is 3.48. The number of hydrogen-bond donors (Lipinski definition) is 0. The van der Waals surface area contributed by atoms with Crippen LogP contribution in [0.1, 0.15) is 116 Å². The number of fused-ring (bicyclic) bond motifs is 4. The summed E-state index contributed by atoms with van der Waals surface area (Å²) in [7, 11) is 2.02. The van der Waals surface area contributed by atoms with Crippen molar-refractivity contribution in [2.24, 2.45) is 0 Å². The highest BCUT2D eigenvalue weighted by atomic mass is 31.2. The molecule has 1 atom stereocenters. The number of benzene rings is 5. The maximum absolute atomic E-state index is 13.4. The van der Waals surface area contributed by atoms with Crippen molar-refractivity contribution >= 4 is 44.8 Å². The third-order valence-electron chi connectivity index (χ3n) is 11.6. The first kappa shape index (κ1) is 48.4. The number of carbonyl (C=O) groups excluding carboxylic acids is 1. The highest BCUT2D eigenvalue weighted by Crippen LogP contribution is 2.56. The van der Waals surface area contributed by atoms with Gasteiger partial charge in [0.25, 0.3) is 0 Å². The minimum atomic E-state index is -2.29. The highest BCUT2D eigenvalue weighted by Gasteiger charge is 2.36. The number of aryl methyl sites for hydroxylation is 1. The number of carbonyl (C=O) groups is 1. The first-order valence-corrected chi connectivity index (χ1v) is 24.2. The molecule has 13 heteroatoms. The Morgan fingerprint density at radius 3 is 1.33 bits per heavy atom. The van der Waals surface area contributed by atoms with Gasteiger partial charge in [0.2, 0.25) is 0 Å². The van der Waals surface area contributed by atoms with Crippen LogP contribution in [-0.4, -0.2) is 34.4 Å². The minimum Gasteiger partial charge on any atom is -0.497 e. The van der Waals surface area contributed by atoms with E-state index in [1.54, 1.807) is 28.4 Å². The van der Waals surface area contributed by atoms with Gasteiger partial charge in [-0.3, -0.25) is 4.79 Å². The molecule has 0 saturated heterocycles. The fourth-order valence-corrected chi connectivity index (χ4v) is 10.1. The largest absolute Gasteiger partial charge is 0.532 e. The molecule has 1 aromatic heterocycles. The zero-order valence-corrected chi connectivity index (χ0v) is 43.2. The van der Waals surface area contributed by atoms with E-state index in [1.165, 1.54) is 0 Å². The van der Waals surface area contributed by atoms with Crippen molar-refractivity contribution in [3.05, 3.63) is 100 Å². The van der Waals surface area contributed by atoms with Gasteiger partial charge < -0.3 is 45.4 Å². The number of ether oxygens (including phenoxy) is 4. The Balaban J connectivity index is 1.59.